The Hall–Kier alpha value is -2.17. The number of halogens is 2. The highest BCUT2D eigenvalue weighted by Gasteiger charge is 2.22. The highest BCUT2D eigenvalue weighted by atomic mass is 35.5. The standard InChI is InChI=1S/C16H8Cl2O4/c1-7-2-16(19)22-11-6-15-12(3-8(7)11)20-13-4-9(17)10(18)5-14(13)21-15/h2-6H,1H3. The van der Waals surface area contributed by atoms with Gasteiger partial charge in [0.1, 0.15) is 5.58 Å². The second-order valence-electron chi connectivity index (χ2n) is 4.96. The third kappa shape index (κ3) is 2.03. The monoisotopic (exact) mass is 334 g/mol. The van der Waals surface area contributed by atoms with Gasteiger partial charge in [0, 0.05) is 29.7 Å². The zero-order valence-electron chi connectivity index (χ0n) is 11.3. The second-order valence-corrected chi connectivity index (χ2v) is 5.78. The van der Waals surface area contributed by atoms with Crippen LogP contribution in [0.15, 0.2) is 39.5 Å². The van der Waals surface area contributed by atoms with Crippen LogP contribution in [0.3, 0.4) is 0 Å². The zero-order valence-corrected chi connectivity index (χ0v) is 12.8. The Labute approximate surface area is 134 Å². The Morgan fingerprint density at radius 1 is 0.818 bits per heavy atom. The Morgan fingerprint density at radius 2 is 1.36 bits per heavy atom. The highest BCUT2D eigenvalue weighted by molar-refractivity contribution is 6.42. The van der Waals surface area contributed by atoms with E-state index in [-0.39, 0.29) is 0 Å². The molecule has 0 saturated heterocycles. The van der Waals surface area contributed by atoms with Gasteiger partial charge >= 0.3 is 5.63 Å². The van der Waals surface area contributed by atoms with Gasteiger partial charge in [0.15, 0.2) is 23.0 Å². The van der Waals surface area contributed by atoms with Gasteiger partial charge in [0.25, 0.3) is 0 Å². The van der Waals surface area contributed by atoms with Crippen LogP contribution in [0.2, 0.25) is 10.0 Å². The predicted octanol–water partition coefficient (Wildman–Crippen LogP) is 5.31. The minimum Gasteiger partial charge on any atom is -0.449 e. The molecule has 6 heteroatoms. The topological polar surface area (TPSA) is 48.7 Å². The molecule has 0 bridgehead atoms. The first-order valence-electron chi connectivity index (χ1n) is 6.44. The first-order chi connectivity index (χ1) is 10.5. The van der Waals surface area contributed by atoms with Crippen LogP contribution in [0.25, 0.3) is 11.0 Å². The largest absolute Gasteiger partial charge is 0.449 e. The molecule has 1 aliphatic rings. The molecule has 22 heavy (non-hydrogen) atoms. The van der Waals surface area contributed by atoms with E-state index in [2.05, 4.69) is 0 Å². The van der Waals surface area contributed by atoms with Crippen molar-refractivity contribution < 1.29 is 13.9 Å². The SMILES string of the molecule is Cc1cc(=O)oc2cc3c(cc12)Oc1cc(Cl)c(Cl)cc1O3. The van der Waals surface area contributed by atoms with Crippen molar-refractivity contribution in [1.29, 1.82) is 0 Å². The minimum absolute atomic E-state index is 0.371. The molecule has 2 heterocycles. The molecule has 0 saturated carbocycles. The van der Waals surface area contributed by atoms with Crippen molar-refractivity contribution in [2.24, 2.45) is 0 Å². The molecule has 0 N–H and O–H groups in total. The van der Waals surface area contributed by atoms with E-state index >= 15 is 0 Å². The Bertz CT molecular complexity index is 992. The molecule has 3 aromatic rings. The molecule has 0 fully saturated rings. The van der Waals surface area contributed by atoms with Crippen LogP contribution < -0.4 is 15.1 Å². The normalized spacial score (nSPS) is 12.3. The maximum absolute atomic E-state index is 11.5. The lowest BCUT2D eigenvalue weighted by molar-refractivity contribution is 0.359. The lowest BCUT2D eigenvalue weighted by atomic mass is 10.1. The third-order valence-corrected chi connectivity index (χ3v) is 4.16. The minimum atomic E-state index is -0.406. The van der Waals surface area contributed by atoms with Crippen molar-refractivity contribution in [3.05, 3.63) is 56.4 Å². The smallest absolute Gasteiger partial charge is 0.336 e. The van der Waals surface area contributed by atoms with E-state index in [1.807, 2.05) is 6.92 Å². The average Bonchev–Trinajstić information content (AvgIpc) is 2.45. The quantitative estimate of drug-likeness (QED) is 0.409. The fourth-order valence-corrected chi connectivity index (χ4v) is 2.70. The van der Waals surface area contributed by atoms with Gasteiger partial charge in [0.05, 0.1) is 10.0 Å². The Kier molecular flexibility index (Phi) is 2.86. The van der Waals surface area contributed by atoms with Crippen molar-refractivity contribution in [2.45, 2.75) is 6.92 Å². The third-order valence-electron chi connectivity index (χ3n) is 3.44. The van der Waals surface area contributed by atoms with Crippen molar-refractivity contribution >= 4 is 34.2 Å². The van der Waals surface area contributed by atoms with Crippen LogP contribution in [0.4, 0.5) is 0 Å². The molecule has 1 aromatic heterocycles. The van der Waals surface area contributed by atoms with Gasteiger partial charge in [0.2, 0.25) is 0 Å². The van der Waals surface area contributed by atoms with Crippen LogP contribution >= 0.6 is 23.2 Å². The lowest BCUT2D eigenvalue weighted by Gasteiger charge is -2.21. The number of aryl methyl sites for hydroxylation is 1. The average molecular weight is 335 g/mol. The zero-order chi connectivity index (χ0) is 15.4. The summed E-state index contributed by atoms with van der Waals surface area (Å²) >= 11 is 12.0. The van der Waals surface area contributed by atoms with E-state index in [9.17, 15) is 4.79 Å². The van der Waals surface area contributed by atoms with Gasteiger partial charge in [-0.3, -0.25) is 0 Å². The van der Waals surface area contributed by atoms with E-state index in [1.165, 1.54) is 6.07 Å². The van der Waals surface area contributed by atoms with Crippen molar-refractivity contribution in [3.8, 4) is 23.0 Å². The van der Waals surface area contributed by atoms with Crippen LogP contribution in [-0.4, -0.2) is 0 Å². The van der Waals surface area contributed by atoms with Crippen LogP contribution in [-0.2, 0) is 0 Å². The first kappa shape index (κ1) is 13.5. The fraction of sp³-hybridized carbons (Fsp3) is 0.0625. The molecular formula is C16H8Cl2O4. The van der Waals surface area contributed by atoms with Gasteiger partial charge < -0.3 is 13.9 Å². The Balaban J connectivity index is 1.92. The van der Waals surface area contributed by atoms with Gasteiger partial charge in [-0.2, -0.15) is 0 Å². The molecule has 2 aromatic carbocycles. The predicted molar refractivity (Wildman–Crippen MR) is 83.8 cm³/mol. The number of ether oxygens (including phenoxy) is 2. The summed E-state index contributed by atoms with van der Waals surface area (Å²) in [6, 6.07) is 8.02. The van der Waals surface area contributed by atoms with Gasteiger partial charge in [-0.15, -0.1) is 0 Å². The van der Waals surface area contributed by atoms with E-state index < -0.39 is 5.63 Å². The number of fused-ring (bicyclic) bond motifs is 3. The summed E-state index contributed by atoms with van der Waals surface area (Å²) < 4.78 is 16.8. The number of hydrogen-bond acceptors (Lipinski definition) is 4. The van der Waals surface area contributed by atoms with E-state index in [4.69, 9.17) is 37.1 Å². The van der Waals surface area contributed by atoms with E-state index in [1.54, 1.807) is 24.3 Å². The molecule has 0 spiro atoms. The molecule has 4 rings (SSSR count). The summed E-state index contributed by atoms with van der Waals surface area (Å²) in [7, 11) is 0. The summed E-state index contributed by atoms with van der Waals surface area (Å²) in [5.41, 5.74) is 0.838. The summed E-state index contributed by atoms with van der Waals surface area (Å²) in [5.74, 6) is 1.91. The molecule has 0 amide bonds. The molecule has 0 unspecified atom stereocenters. The fourth-order valence-electron chi connectivity index (χ4n) is 2.39. The van der Waals surface area contributed by atoms with Gasteiger partial charge in [-0.05, 0) is 18.6 Å². The number of hydrogen-bond donors (Lipinski definition) is 0. The summed E-state index contributed by atoms with van der Waals surface area (Å²) in [4.78, 5) is 11.5. The summed E-state index contributed by atoms with van der Waals surface area (Å²) in [6.07, 6.45) is 0. The van der Waals surface area contributed by atoms with Crippen molar-refractivity contribution in [2.75, 3.05) is 0 Å². The molecule has 110 valence electrons. The molecule has 0 atom stereocenters. The van der Waals surface area contributed by atoms with Gasteiger partial charge in [-0.1, -0.05) is 23.2 Å². The van der Waals surface area contributed by atoms with Gasteiger partial charge in [-0.25, -0.2) is 4.79 Å². The number of rotatable bonds is 0. The van der Waals surface area contributed by atoms with Crippen molar-refractivity contribution in [1.82, 2.24) is 0 Å². The molecular weight excluding hydrogens is 327 g/mol. The first-order valence-corrected chi connectivity index (χ1v) is 7.20. The summed E-state index contributed by atoms with van der Waals surface area (Å²) in [5, 5.41) is 1.54. The maximum atomic E-state index is 11.5. The van der Waals surface area contributed by atoms with Crippen LogP contribution in [0.1, 0.15) is 5.56 Å². The van der Waals surface area contributed by atoms with Crippen LogP contribution in [0, 0.1) is 6.92 Å². The lowest BCUT2D eigenvalue weighted by Crippen LogP contribution is -2.02. The molecule has 0 radical (unpaired) electrons. The summed E-state index contributed by atoms with van der Waals surface area (Å²) in [6.45, 7) is 1.83. The van der Waals surface area contributed by atoms with Crippen molar-refractivity contribution in [3.63, 3.8) is 0 Å². The number of benzene rings is 2. The molecule has 4 nitrogen and oxygen atoms in total. The maximum Gasteiger partial charge on any atom is 0.336 e. The van der Waals surface area contributed by atoms with E-state index in [0.29, 0.717) is 38.6 Å². The van der Waals surface area contributed by atoms with E-state index in [0.717, 1.165) is 10.9 Å². The molecule has 0 aliphatic carbocycles. The second kappa shape index (κ2) is 4.66. The Morgan fingerprint density at radius 3 is 2.00 bits per heavy atom. The molecule has 1 aliphatic heterocycles. The van der Waals surface area contributed by atoms with Crippen LogP contribution in [0.5, 0.6) is 23.0 Å². The highest BCUT2D eigenvalue weighted by Crippen LogP contribution is 2.49.